The minimum Gasteiger partial charge on any atom is -0.494 e. The van der Waals surface area contributed by atoms with Gasteiger partial charge in [-0.1, -0.05) is 64.8 Å². The molecule has 12 nitrogen and oxygen atoms in total. The molecule has 220 valence electrons. The second-order valence-electron chi connectivity index (χ2n) is 9.71. The van der Waals surface area contributed by atoms with Crippen LogP contribution in [0.1, 0.15) is 40.3 Å². The molecule has 4 rings (SSSR count). The summed E-state index contributed by atoms with van der Waals surface area (Å²) < 4.78 is 12.2. The van der Waals surface area contributed by atoms with Crippen molar-refractivity contribution in [1.82, 2.24) is 5.32 Å². The van der Waals surface area contributed by atoms with Gasteiger partial charge in [0.1, 0.15) is 5.75 Å². The molecule has 1 aliphatic heterocycles. The van der Waals surface area contributed by atoms with Gasteiger partial charge in [0.25, 0.3) is 5.91 Å². The van der Waals surface area contributed by atoms with Gasteiger partial charge in [0, 0.05) is 41.4 Å². The molecule has 3 aromatic rings. The lowest BCUT2D eigenvalue weighted by atomic mass is 9.79. The highest BCUT2D eigenvalue weighted by Gasteiger charge is 2.53. The average molecular weight is 581 g/mol. The van der Waals surface area contributed by atoms with E-state index in [2.05, 4.69) is 31.9 Å². The first kappa shape index (κ1) is 30.7. The van der Waals surface area contributed by atoms with Crippen molar-refractivity contribution in [3.8, 4) is 5.75 Å². The summed E-state index contributed by atoms with van der Waals surface area (Å²) in [5, 5.41) is 19.5. The number of carbonyl (C=O) groups excluding carboxylic acids is 1. The van der Waals surface area contributed by atoms with Gasteiger partial charge < -0.3 is 19.9 Å². The molecule has 1 heterocycles. The molecule has 0 bridgehead atoms. The Morgan fingerprint density at radius 3 is 2.35 bits per heavy atom. The van der Waals surface area contributed by atoms with Crippen LogP contribution in [-0.4, -0.2) is 42.2 Å². The molecule has 0 radical (unpaired) electrons. The molecule has 0 fully saturated rings. The number of benzene rings is 3. The summed E-state index contributed by atoms with van der Waals surface area (Å²) in [6.07, 6.45) is 1.32. The van der Waals surface area contributed by atoms with E-state index in [0.717, 1.165) is 11.1 Å². The maximum atomic E-state index is 14.2. The quantitative estimate of drug-likeness (QED) is 0.0751. The molecule has 0 saturated heterocycles. The number of amides is 1. The second-order valence-corrected chi connectivity index (χ2v) is 9.71. The summed E-state index contributed by atoms with van der Waals surface area (Å²) in [5.74, 6) is 0.495. The normalized spacial score (nSPS) is 17.0. The first-order valence-electron chi connectivity index (χ1n) is 13.7. The molecule has 3 aromatic carbocycles. The van der Waals surface area contributed by atoms with Crippen molar-refractivity contribution in [2.75, 3.05) is 19.8 Å². The number of aliphatic hydroxyl groups excluding tert-OH is 1. The number of nitrogens with one attached hydrogen (secondary N) is 1. The lowest BCUT2D eigenvalue weighted by Gasteiger charge is -2.32. The standard InChI is InChI=1S/C31H32N8O4/c1-2-16-34-30(41)31(19-23-8-3-4-9-24(23)20-35-38-32)28(27-11-6-5-10-25(27)21-36-39-33)43-29(37-31)22-12-14-26(15-13-22)42-18-7-17-40/h2-6,8-15,28,40H,1,7,16-21H2,(H,34,41)/t28-,31-/m1/s1. The number of aliphatic hydroxyl groups is 1. The molecular weight excluding hydrogens is 548 g/mol. The Morgan fingerprint density at radius 1 is 1.02 bits per heavy atom. The van der Waals surface area contributed by atoms with Gasteiger partial charge in [0.15, 0.2) is 11.6 Å². The van der Waals surface area contributed by atoms with Gasteiger partial charge in [0.2, 0.25) is 5.90 Å². The number of rotatable bonds is 15. The van der Waals surface area contributed by atoms with Gasteiger partial charge in [-0.3, -0.25) is 4.79 Å². The molecule has 1 amide bonds. The Morgan fingerprint density at radius 2 is 1.67 bits per heavy atom. The minimum absolute atomic E-state index is 0.0350. The number of hydrogen-bond acceptors (Lipinski definition) is 7. The third-order valence-electron chi connectivity index (χ3n) is 6.96. The van der Waals surface area contributed by atoms with Gasteiger partial charge in [-0.2, -0.15) is 0 Å². The van der Waals surface area contributed by atoms with Crippen molar-refractivity contribution < 1.29 is 19.4 Å². The SMILES string of the molecule is C=CCNC(=O)[C@]1(Cc2ccccc2CN=[N+]=[N-])N=C(c2ccc(OCCCO)cc2)O[C@@H]1c1ccccc1CN=[N+]=[N-]. The van der Waals surface area contributed by atoms with E-state index in [0.29, 0.717) is 35.5 Å². The van der Waals surface area contributed by atoms with Crippen LogP contribution in [0.3, 0.4) is 0 Å². The van der Waals surface area contributed by atoms with Crippen molar-refractivity contribution in [1.29, 1.82) is 0 Å². The molecule has 2 atom stereocenters. The van der Waals surface area contributed by atoms with Crippen LogP contribution in [-0.2, 0) is 29.0 Å². The summed E-state index contributed by atoms with van der Waals surface area (Å²) in [4.78, 5) is 25.0. The molecule has 0 aromatic heterocycles. The van der Waals surface area contributed by atoms with E-state index >= 15 is 0 Å². The number of hydrogen-bond donors (Lipinski definition) is 2. The number of aliphatic imine (C=N–C) groups is 1. The van der Waals surface area contributed by atoms with Crippen molar-refractivity contribution in [2.45, 2.75) is 37.6 Å². The Balaban J connectivity index is 1.87. The van der Waals surface area contributed by atoms with Gasteiger partial charge in [-0.25, -0.2) is 4.99 Å². The molecule has 2 N–H and O–H groups in total. The Bertz CT molecular complexity index is 1560. The predicted octanol–water partition coefficient (Wildman–Crippen LogP) is 5.87. The fourth-order valence-electron chi connectivity index (χ4n) is 4.90. The lowest BCUT2D eigenvalue weighted by molar-refractivity contribution is -0.128. The van der Waals surface area contributed by atoms with Crippen LogP contribution in [0.15, 0.2) is 101 Å². The monoisotopic (exact) mass is 580 g/mol. The minimum atomic E-state index is -1.49. The summed E-state index contributed by atoms with van der Waals surface area (Å²) in [6, 6.07) is 21.9. The smallest absolute Gasteiger partial charge is 0.252 e. The largest absolute Gasteiger partial charge is 0.494 e. The molecule has 1 aliphatic rings. The zero-order chi connectivity index (χ0) is 30.5. The van der Waals surface area contributed by atoms with Crippen LogP contribution in [0, 0.1) is 0 Å². The van der Waals surface area contributed by atoms with Crippen LogP contribution in [0.25, 0.3) is 20.9 Å². The summed E-state index contributed by atoms with van der Waals surface area (Å²) in [7, 11) is 0. The van der Waals surface area contributed by atoms with E-state index in [1.54, 1.807) is 30.3 Å². The van der Waals surface area contributed by atoms with Crippen LogP contribution >= 0.6 is 0 Å². The first-order chi connectivity index (χ1) is 21.1. The zero-order valence-electron chi connectivity index (χ0n) is 23.5. The van der Waals surface area contributed by atoms with Gasteiger partial charge in [-0.05, 0) is 57.6 Å². The van der Waals surface area contributed by atoms with Gasteiger partial charge >= 0.3 is 0 Å². The molecule has 12 heteroatoms. The zero-order valence-corrected chi connectivity index (χ0v) is 23.5. The number of ether oxygens (including phenoxy) is 2. The van der Waals surface area contributed by atoms with E-state index in [-0.39, 0.29) is 44.5 Å². The topological polar surface area (TPSA) is 178 Å². The number of carbonyl (C=O) groups is 1. The molecule has 0 unspecified atom stereocenters. The third kappa shape index (κ3) is 7.33. The van der Waals surface area contributed by atoms with E-state index < -0.39 is 11.6 Å². The van der Waals surface area contributed by atoms with Gasteiger partial charge in [-0.15, -0.1) is 6.58 Å². The molecule has 0 spiro atoms. The Hall–Kier alpha value is -5.28. The third-order valence-corrected chi connectivity index (χ3v) is 6.96. The van der Waals surface area contributed by atoms with Crippen LogP contribution in [0.4, 0.5) is 0 Å². The fraction of sp³-hybridized carbons (Fsp3) is 0.290. The maximum Gasteiger partial charge on any atom is 0.252 e. The summed E-state index contributed by atoms with van der Waals surface area (Å²) in [5.41, 5.74) is 20.0. The lowest BCUT2D eigenvalue weighted by Crippen LogP contribution is -2.50. The van der Waals surface area contributed by atoms with Crippen LogP contribution < -0.4 is 10.1 Å². The molecule has 0 aliphatic carbocycles. The Labute approximate surface area is 248 Å². The van der Waals surface area contributed by atoms with Crippen molar-refractivity contribution in [3.63, 3.8) is 0 Å². The van der Waals surface area contributed by atoms with E-state index in [9.17, 15) is 4.79 Å². The van der Waals surface area contributed by atoms with Crippen molar-refractivity contribution in [3.05, 3.63) is 134 Å². The van der Waals surface area contributed by atoms with Crippen LogP contribution in [0.2, 0.25) is 0 Å². The predicted molar refractivity (Wildman–Crippen MR) is 162 cm³/mol. The van der Waals surface area contributed by atoms with Gasteiger partial charge in [0.05, 0.1) is 19.7 Å². The van der Waals surface area contributed by atoms with E-state index in [1.807, 2.05) is 48.5 Å². The molecular formula is C31H32N8O4. The number of azide groups is 2. The second kappa shape index (κ2) is 15.1. The highest BCUT2D eigenvalue weighted by molar-refractivity contribution is 6.01. The highest BCUT2D eigenvalue weighted by Crippen LogP contribution is 2.44. The number of nitrogens with zero attached hydrogens (tertiary/aromatic N) is 7. The van der Waals surface area contributed by atoms with E-state index in [4.69, 9.17) is 30.6 Å². The van der Waals surface area contributed by atoms with E-state index in [1.165, 1.54) is 0 Å². The summed E-state index contributed by atoms with van der Waals surface area (Å²) in [6.45, 7) is 4.51. The molecule has 43 heavy (non-hydrogen) atoms. The highest BCUT2D eigenvalue weighted by atomic mass is 16.5. The fourth-order valence-corrected chi connectivity index (χ4v) is 4.90. The molecule has 0 saturated carbocycles. The average Bonchev–Trinajstić information content (AvgIpc) is 3.43. The van der Waals surface area contributed by atoms with Crippen LogP contribution in [0.5, 0.6) is 5.75 Å². The van der Waals surface area contributed by atoms with Crippen molar-refractivity contribution in [2.24, 2.45) is 15.2 Å². The maximum absolute atomic E-state index is 14.2. The Kier molecular flexibility index (Phi) is 10.8. The van der Waals surface area contributed by atoms with Crippen molar-refractivity contribution >= 4 is 11.8 Å². The first-order valence-corrected chi connectivity index (χ1v) is 13.7. The summed E-state index contributed by atoms with van der Waals surface area (Å²) >= 11 is 0.